The molecule has 0 saturated carbocycles. The van der Waals surface area contributed by atoms with Crippen molar-refractivity contribution in [1.82, 2.24) is 4.90 Å². The summed E-state index contributed by atoms with van der Waals surface area (Å²) in [6.45, 7) is 7.20. The molecule has 0 unspecified atom stereocenters. The Hall–Kier alpha value is -0.610. The predicted octanol–water partition coefficient (Wildman–Crippen LogP) is 0.220. The molecule has 0 aliphatic rings. The van der Waals surface area contributed by atoms with Crippen molar-refractivity contribution in [2.75, 3.05) is 32.8 Å². The highest BCUT2D eigenvalue weighted by Gasteiger charge is 2.07. The van der Waals surface area contributed by atoms with Crippen molar-refractivity contribution in [3.05, 3.63) is 0 Å². The molecule has 0 aromatic heterocycles. The summed E-state index contributed by atoms with van der Waals surface area (Å²) in [6.07, 6.45) is 0.740. The van der Waals surface area contributed by atoms with Crippen molar-refractivity contribution < 1.29 is 9.53 Å². The van der Waals surface area contributed by atoms with Gasteiger partial charge in [0.2, 0.25) is 0 Å². The van der Waals surface area contributed by atoms with Gasteiger partial charge in [-0.2, -0.15) is 0 Å². The van der Waals surface area contributed by atoms with E-state index in [0.717, 1.165) is 19.5 Å². The normalized spacial score (nSPS) is 10.5. The largest absolute Gasteiger partial charge is 0.465 e. The summed E-state index contributed by atoms with van der Waals surface area (Å²) in [7, 11) is 0. The molecule has 4 heteroatoms. The number of carbonyl (C=O) groups excluding carboxylic acids is 1. The molecular weight excluding hydrogens is 168 g/mol. The van der Waals surface area contributed by atoms with Gasteiger partial charge in [-0.15, -0.1) is 0 Å². The number of esters is 1. The van der Waals surface area contributed by atoms with Crippen molar-refractivity contribution in [3.8, 4) is 0 Å². The van der Waals surface area contributed by atoms with Crippen LogP contribution in [0.5, 0.6) is 0 Å². The van der Waals surface area contributed by atoms with Crippen LogP contribution in [0.1, 0.15) is 20.3 Å². The Morgan fingerprint density at radius 3 is 2.46 bits per heavy atom. The molecule has 0 aromatic carbocycles. The number of nitrogens with two attached hydrogens (primary N) is 1. The number of nitrogens with zero attached hydrogens (tertiary/aromatic N) is 1. The zero-order valence-corrected chi connectivity index (χ0v) is 8.58. The fourth-order valence-electron chi connectivity index (χ4n) is 0.945. The van der Waals surface area contributed by atoms with E-state index in [2.05, 4.69) is 0 Å². The first-order valence-corrected chi connectivity index (χ1v) is 4.82. The second-order valence-electron chi connectivity index (χ2n) is 2.82. The maximum Gasteiger partial charge on any atom is 0.320 e. The van der Waals surface area contributed by atoms with E-state index < -0.39 is 0 Å². The maximum atomic E-state index is 11.1. The van der Waals surface area contributed by atoms with Gasteiger partial charge in [-0.05, 0) is 26.1 Å². The highest BCUT2D eigenvalue weighted by atomic mass is 16.5. The number of hydrogen-bond acceptors (Lipinski definition) is 4. The molecule has 0 bridgehead atoms. The molecule has 0 heterocycles. The zero-order chi connectivity index (χ0) is 10.1. The van der Waals surface area contributed by atoms with E-state index >= 15 is 0 Å². The molecule has 0 saturated heterocycles. The van der Waals surface area contributed by atoms with Gasteiger partial charge in [0.05, 0.1) is 13.2 Å². The quantitative estimate of drug-likeness (QED) is 0.458. The van der Waals surface area contributed by atoms with Gasteiger partial charge in [-0.25, -0.2) is 0 Å². The Bertz CT molecular complexity index is 136. The van der Waals surface area contributed by atoms with E-state index in [1.165, 1.54) is 0 Å². The SMILES string of the molecule is CCN(CC)CC(=O)OCCCN. The molecule has 0 amide bonds. The van der Waals surface area contributed by atoms with Crippen molar-refractivity contribution in [2.24, 2.45) is 5.73 Å². The minimum Gasteiger partial charge on any atom is -0.465 e. The Kier molecular flexibility index (Phi) is 7.63. The Morgan fingerprint density at radius 2 is 2.00 bits per heavy atom. The van der Waals surface area contributed by atoms with Crippen LogP contribution in [-0.4, -0.2) is 43.7 Å². The number of ether oxygens (including phenoxy) is 1. The molecule has 0 atom stereocenters. The number of carbonyl (C=O) groups is 1. The first-order valence-electron chi connectivity index (χ1n) is 4.82. The molecule has 0 aromatic rings. The summed E-state index contributed by atoms with van der Waals surface area (Å²) in [5.74, 6) is -0.155. The maximum absolute atomic E-state index is 11.1. The summed E-state index contributed by atoms with van der Waals surface area (Å²) in [6, 6.07) is 0. The van der Waals surface area contributed by atoms with Crippen LogP contribution in [0.15, 0.2) is 0 Å². The molecule has 0 fully saturated rings. The van der Waals surface area contributed by atoms with E-state index in [-0.39, 0.29) is 5.97 Å². The third-order valence-corrected chi connectivity index (χ3v) is 1.86. The van der Waals surface area contributed by atoms with Gasteiger partial charge < -0.3 is 10.5 Å². The van der Waals surface area contributed by atoms with Gasteiger partial charge in [0, 0.05) is 0 Å². The lowest BCUT2D eigenvalue weighted by Gasteiger charge is -2.16. The first-order chi connectivity index (χ1) is 6.24. The van der Waals surface area contributed by atoms with Crippen LogP contribution in [0.25, 0.3) is 0 Å². The molecule has 2 N–H and O–H groups in total. The lowest BCUT2D eigenvalue weighted by Crippen LogP contribution is -2.30. The van der Waals surface area contributed by atoms with Crippen molar-refractivity contribution in [3.63, 3.8) is 0 Å². The second kappa shape index (κ2) is 8.01. The number of likely N-dealkylation sites (N-methyl/N-ethyl adjacent to an activating group) is 1. The van der Waals surface area contributed by atoms with Crippen LogP contribution < -0.4 is 5.73 Å². The van der Waals surface area contributed by atoms with Gasteiger partial charge in [0.15, 0.2) is 0 Å². The lowest BCUT2D eigenvalue weighted by molar-refractivity contribution is -0.144. The molecular formula is C9H20N2O2. The van der Waals surface area contributed by atoms with Gasteiger partial charge >= 0.3 is 5.97 Å². The van der Waals surface area contributed by atoms with Gasteiger partial charge in [-0.3, -0.25) is 9.69 Å². The Labute approximate surface area is 80.0 Å². The second-order valence-corrected chi connectivity index (χ2v) is 2.82. The third-order valence-electron chi connectivity index (χ3n) is 1.86. The van der Waals surface area contributed by atoms with Gasteiger partial charge in [0.25, 0.3) is 0 Å². The van der Waals surface area contributed by atoms with Crippen LogP contribution >= 0.6 is 0 Å². The minimum absolute atomic E-state index is 0.155. The molecule has 0 rings (SSSR count). The van der Waals surface area contributed by atoms with Crippen LogP contribution in [0.4, 0.5) is 0 Å². The third kappa shape index (κ3) is 6.54. The molecule has 13 heavy (non-hydrogen) atoms. The van der Waals surface area contributed by atoms with Crippen molar-refractivity contribution in [2.45, 2.75) is 20.3 Å². The summed E-state index contributed by atoms with van der Waals surface area (Å²) in [5, 5.41) is 0. The van der Waals surface area contributed by atoms with Crippen LogP contribution in [0.2, 0.25) is 0 Å². The van der Waals surface area contributed by atoms with E-state index in [1.54, 1.807) is 0 Å². The summed E-state index contributed by atoms with van der Waals surface area (Å²) in [4.78, 5) is 13.2. The average molecular weight is 188 g/mol. The lowest BCUT2D eigenvalue weighted by atomic mass is 10.4. The van der Waals surface area contributed by atoms with E-state index in [4.69, 9.17) is 10.5 Å². The summed E-state index contributed by atoms with van der Waals surface area (Å²) >= 11 is 0. The van der Waals surface area contributed by atoms with Crippen LogP contribution in [-0.2, 0) is 9.53 Å². The molecule has 78 valence electrons. The predicted molar refractivity (Wildman–Crippen MR) is 52.4 cm³/mol. The molecule has 0 radical (unpaired) electrons. The van der Waals surface area contributed by atoms with Crippen LogP contribution in [0.3, 0.4) is 0 Å². The minimum atomic E-state index is -0.155. The topological polar surface area (TPSA) is 55.6 Å². The molecule has 4 nitrogen and oxygen atoms in total. The fraction of sp³-hybridized carbons (Fsp3) is 0.889. The average Bonchev–Trinajstić information content (AvgIpc) is 2.14. The zero-order valence-electron chi connectivity index (χ0n) is 8.58. The monoisotopic (exact) mass is 188 g/mol. The van der Waals surface area contributed by atoms with Gasteiger partial charge in [-0.1, -0.05) is 13.8 Å². The van der Waals surface area contributed by atoms with E-state index in [1.807, 2.05) is 18.7 Å². The summed E-state index contributed by atoms with van der Waals surface area (Å²) in [5.41, 5.74) is 5.27. The highest BCUT2D eigenvalue weighted by molar-refractivity contribution is 5.71. The summed E-state index contributed by atoms with van der Waals surface area (Å²) < 4.78 is 4.96. The van der Waals surface area contributed by atoms with E-state index in [9.17, 15) is 4.79 Å². The van der Waals surface area contributed by atoms with Crippen LogP contribution in [0, 0.1) is 0 Å². The smallest absolute Gasteiger partial charge is 0.320 e. The Balaban J connectivity index is 3.48. The number of rotatable bonds is 7. The Morgan fingerprint density at radius 1 is 1.38 bits per heavy atom. The van der Waals surface area contributed by atoms with Gasteiger partial charge in [0.1, 0.15) is 0 Å². The fourth-order valence-corrected chi connectivity index (χ4v) is 0.945. The van der Waals surface area contributed by atoms with E-state index in [0.29, 0.717) is 19.7 Å². The molecule has 0 spiro atoms. The highest BCUT2D eigenvalue weighted by Crippen LogP contribution is 1.89. The number of hydrogen-bond donors (Lipinski definition) is 1. The van der Waals surface area contributed by atoms with Crippen molar-refractivity contribution >= 4 is 5.97 Å². The van der Waals surface area contributed by atoms with Crippen molar-refractivity contribution in [1.29, 1.82) is 0 Å². The standard InChI is InChI=1S/C9H20N2O2/c1-3-11(4-2)8-9(12)13-7-5-6-10/h3-8,10H2,1-2H3. The molecule has 0 aliphatic carbocycles. The molecule has 0 aliphatic heterocycles. The first kappa shape index (κ1) is 12.4.